The molecule has 0 aliphatic heterocycles. The Balaban J connectivity index is 1.95. The Morgan fingerprint density at radius 2 is 2.21 bits per heavy atom. The fourth-order valence-corrected chi connectivity index (χ4v) is 2.81. The molecule has 1 aliphatic carbocycles. The van der Waals surface area contributed by atoms with E-state index in [2.05, 4.69) is 23.3 Å². The second-order valence-corrected chi connectivity index (χ2v) is 5.78. The monoisotopic (exact) mass is 262 g/mol. The van der Waals surface area contributed by atoms with Crippen LogP contribution >= 0.6 is 0 Å². The van der Waals surface area contributed by atoms with Crippen molar-refractivity contribution in [2.24, 2.45) is 0 Å². The molecule has 1 heterocycles. The second-order valence-electron chi connectivity index (χ2n) is 5.78. The van der Waals surface area contributed by atoms with Crippen LogP contribution in [0.25, 0.3) is 0 Å². The lowest BCUT2D eigenvalue weighted by atomic mass is 9.99. The first kappa shape index (κ1) is 14.3. The van der Waals surface area contributed by atoms with Gasteiger partial charge in [0.05, 0.1) is 12.3 Å². The lowest BCUT2D eigenvalue weighted by Gasteiger charge is -2.15. The van der Waals surface area contributed by atoms with E-state index in [1.165, 1.54) is 31.2 Å². The molecule has 1 aromatic rings. The summed E-state index contributed by atoms with van der Waals surface area (Å²) in [5.41, 5.74) is 1.33. The summed E-state index contributed by atoms with van der Waals surface area (Å²) in [5, 5.41) is 3.63. The van der Waals surface area contributed by atoms with Crippen molar-refractivity contribution < 1.29 is 4.74 Å². The Bertz CT molecular complexity index is 392. The van der Waals surface area contributed by atoms with Crippen LogP contribution in [0.5, 0.6) is 5.75 Å². The maximum atomic E-state index is 5.73. The third kappa shape index (κ3) is 4.20. The molecule has 0 spiro atoms. The van der Waals surface area contributed by atoms with Gasteiger partial charge < -0.3 is 10.1 Å². The van der Waals surface area contributed by atoms with E-state index < -0.39 is 0 Å². The Morgan fingerprint density at radius 3 is 2.95 bits per heavy atom. The largest absolute Gasteiger partial charge is 0.489 e. The molecule has 0 amide bonds. The van der Waals surface area contributed by atoms with Gasteiger partial charge in [0.2, 0.25) is 0 Å². The minimum Gasteiger partial charge on any atom is -0.489 e. The maximum absolute atomic E-state index is 5.73. The Kier molecular flexibility index (Phi) is 5.20. The molecule has 1 N–H and O–H groups in total. The number of rotatable bonds is 6. The predicted molar refractivity (Wildman–Crippen MR) is 78.7 cm³/mol. The Labute approximate surface area is 116 Å². The van der Waals surface area contributed by atoms with E-state index in [1.807, 2.05) is 26.2 Å². The van der Waals surface area contributed by atoms with Crippen molar-refractivity contribution in [3.63, 3.8) is 0 Å². The average molecular weight is 262 g/mol. The van der Waals surface area contributed by atoms with E-state index >= 15 is 0 Å². The quantitative estimate of drug-likeness (QED) is 0.852. The van der Waals surface area contributed by atoms with Gasteiger partial charge in [-0.05, 0) is 63.6 Å². The highest BCUT2D eigenvalue weighted by atomic mass is 16.5. The van der Waals surface area contributed by atoms with E-state index in [0.29, 0.717) is 12.0 Å². The molecule has 3 heteroatoms. The van der Waals surface area contributed by atoms with Crippen molar-refractivity contribution in [2.75, 3.05) is 6.54 Å². The molecule has 1 aromatic heterocycles. The summed E-state index contributed by atoms with van der Waals surface area (Å²) < 4.78 is 5.73. The SMILES string of the molecule is CCCNC1CCC(c2cncc(OC(C)C)c2)C1. The van der Waals surface area contributed by atoms with E-state index in [4.69, 9.17) is 4.74 Å². The minimum absolute atomic E-state index is 0.208. The van der Waals surface area contributed by atoms with Crippen molar-refractivity contribution in [1.82, 2.24) is 10.3 Å². The first-order valence-electron chi connectivity index (χ1n) is 7.54. The molecule has 0 aromatic carbocycles. The number of pyridine rings is 1. The lowest BCUT2D eigenvalue weighted by Crippen LogP contribution is -2.26. The summed E-state index contributed by atoms with van der Waals surface area (Å²) in [5.74, 6) is 1.54. The third-order valence-corrected chi connectivity index (χ3v) is 3.69. The molecular weight excluding hydrogens is 236 g/mol. The number of nitrogens with zero attached hydrogens (tertiary/aromatic N) is 1. The van der Waals surface area contributed by atoms with Crippen LogP contribution in [-0.2, 0) is 0 Å². The minimum atomic E-state index is 0.208. The molecule has 0 bridgehead atoms. The Morgan fingerprint density at radius 1 is 1.37 bits per heavy atom. The van der Waals surface area contributed by atoms with Crippen molar-refractivity contribution in [3.05, 3.63) is 24.0 Å². The predicted octanol–water partition coefficient (Wildman–Crippen LogP) is 3.50. The van der Waals surface area contributed by atoms with Crippen LogP contribution in [0, 0.1) is 0 Å². The van der Waals surface area contributed by atoms with Crippen LogP contribution in [0.4, 0.5) is 0 Å². The smallest absolute Gasteiger partial charge is 0.138 e. The van der Waals surface area contributed by atoms with Gasteiger partial charge in [0.25, 0.3) is 0 Å². The van der Waals surface area contributed by atoms with Gasteiger partial charge in [-0.3, -0.25) is 4.98 Å². The van der Waals surface area contributed by atoms with Crippen LogP contribution in [0.15, 0.2) is 18.5 Å². The summed E-state index contributed by atoms with van der Waals surface area (Å²) >= 11 is 0. The van der Waals surface area contributed by atoms with Gasteiger partial charge in [-0.2, -0.15) is 0 Å². The van der Waals surface area contributed by atoms with Crippen molar-refractivity contribution in [2.45, 2.75) is 64.5 Å². The number of hydrogen-bond acceptors (Lipinski definition) is 3. The highest BCUT2D eigenvalue weighted by Crippen LogP contribution is 2.35. The molecule has 0 saturated heterocycles. The summed E-state index contributed by atoms with van der Waals surface area (Å²) in [6, 6.07) is 2.85. The zero-order valence-electron chi connectivity index (χ0n) is 12.4. The first-order valence-corrected chi connectivity index (χ1v) is 7.54. The number of nitrogens with one attached hydrogen (secondary N) is 1. The maximum Gasteiger partial charge on any atom is 0.138 e. The molecule has 2 atom stereocenters. The summed E-state index contributed by atoms with van der Waals surface area (Å²) in [6.07, 6.45) is 8.99. The summed E-state index contributed by atoms with van der Waals surface area (Å²) in [4.78, 5) is 4.32. The van der Waals surface area contributed by atoms with Crippen molar-refractivity contribution in [3.8, 4) is 5.75 Å². The number of aromatic nitrogens is 1. The van der Waals surface area contributed by atoms with Gasteiger partial charge in [-0.15, -0.1) is 0 Å². The average Bonchev–Trinajstić information content (AvgIpc) is 2.84. The fourth-order valence-electron chi connectivity index (χ4n) is 2.81. The van der Waals surface area contributed by atoms with E-state index in [-0.39, 0.29) is 6.10 Å². The molecule has 1 fully saturated rings. The molecular formula is C16H26N2O. The van der Waals surface area contributed by atoms with Crippen LogP contribution in [0.2, 0.25) is 0 Å². The molecule has 3 nitrogen and oxygen atoms in total. The van der Waals surface area contributed by atoms with E-state index in [9.17, 15) is 0 Å². The van der Waals surface area contributed by atoms with Gasteiger partial charge >= 0.3 is 0 Å². The highest BCUT2D eigenvalue weighted by molar-refractivity contribution is 5.27. The fraction of sp³-hybridized carbons (Fsp3) is 0.688. The van der Waals surface area contributed by atoms with E-state index in [1.54, 1.807) is 0 Å². The zero-order valence-corrected chi connectivity index (χ0v) is 12.4. The van der Waals surface area contributed by atoms with Crippen LogP contribution < -0.4 is 10.1 Å². The Hall–Kier alpha value is -1.09. The molecule has 1 saturated carbocycles. The zero-order chi connectivity index (χ0) is 13.7. The molecule has 19 heavy (non-hydrogen) atoms. The topological polar surface area (TPSA) is 34.2 Å². The van der Waals surface area contributed by atoms with Crippen LogP contribution in [-0.4, -0.2) is 23.7 Å². The van der Waals surface area contributed by atoms with Gasteiger partial charge in [0, 0.05) is 12.2 Å². The van der Waals surface area contributed by atoms with Gasteiger partial charge in [-0.1, -0.05) is 6.92 Å². The third-order valence-electron chi connectivity index (χ3n) is 3.69. The highest BCUT2D eigenvalue weighted by Gasteiger charge is 2.25. The van der Waals surface area contributed by atoms with Gasteiger partial charge in [-0.25, -0.2) is 0 Å². The standard InChI is InChI=1S/C16H26N2O/c1-4-7-18-15-6-5-13(8-15)14-9-16(11-17-10-14)19-12(2)3/h9-13,15,18H,4-8H2,1-3H3. The molecule has 0 radical (unpaired) electrons. The number of ether oxygens (including phenoxy) is 1. The molecule has 2 unspecified atom stereocenters. The van der Waals surface area contributed by atoms with Gasteiger partial charge in [0.1, 0.15) is 5.75 Å². The molecule has 1 aliphatic rings. The molecule has 2 rings (SSSR count). The summed E-state index contributed by atoms with van der Waals surface area (Å²) in [7, 11) is 0. The van der Waals surface area contributed by atoms with E-state index in [0.717, 1.165) is 12.3 Å². The second kappa shape index (κ2) is 6.90. The normalized spacial score (nSPS) is 22.9. The van der Waals surface area contributed by atoms with Gasteiger partial charge in [0.15, 0.2) is 0 Å². The lowest BCUT2D eigenvalue weighted by molar-refractivity contribution is 0.241. The molecule has 106 valence electrons. The summed E-state index contributed by atoms with van der Waals surface area (Å²) in [6.45, 7) is 7.45. The van der Waals surface area contributed by atoms with Crippen LogP contribution in [0.3, 0.4) is 0 Å². The van der Waals surface area contributed by atoms with Crippen LogP contribution in [0.1, 0.15) is 57.9 Å². The number of hydrogen-bond donors (Lipinski definition) is 1. The van der Waals surface area contributed by atoms with Crippen molar-refractivity contribution in [1.29, 1.82) is 0 Å². The van der Waals surface area contributed by atoms with Crippen molar-refractivity contribution >= 4 is 0 Å². The first-order chi connectivity index (χ1) is 9.19.